The predicted molar refractivity (Wildman–Crippen MR) is 82.0 cm³/mol. The van der Waals surface area contributed by atoms with E-state index in [0.717, 1.165) is 10.0 Å². The van der Waals surface area contributed by atoms with Crippen LogP contribution in [0.3, 0.4) is 0 Å². The molecule has 0 saturated heterocycles. The van der Waals surface area contributed by atoms with E-state index in [1.807, 2.05) is 24.3 Å². The van der Waals surface area contributed by atoms with E-state index in [9.17, 15) is 8.42 Å². The fourth-order valence-corrected chi connectivity index (χ4v) is 3.29. The maximum absolute atomic E-state index is 12.2. The molecule has 0 aliphatic carbocycles. The van der Waals surface area contributed by atoms with E-state index >= 15 is 0 Å². The normalized spacial score (nSPS) is 11.3. The summed E-state index contributed by atoms with van der Waals surface area (Å²) >= 11 is 3.35. The van der Waals surface area contributed by atoms with Crippen LogP contribution in [0.1, 0.15) is 5.56 Å². The van der Waals surface area contributed by atoms with Gasteiger partial charge in [0.25, 0.3) is 10.0 Å². The van der Waals surface area contributed by atoms with Crippen molar-refractivity contribution in [3.63, 3.8) is 0 Å². The summed E-state index contributed by atoms with van der Waals surface area (Å²) in [6.45, 7) is 0.210. The summed E-state index contributed by atoms with van der Waals surface area (Å²) < 4.78 is 27.9. The maximum atomic E-state index is 12.2. The van der Waals surface area contributed by atoms with E-state index in [-0.39, 0.29) is 11.6 Å². The van der Waals surface area contributed by atoms with E-state index in [1.54, 1.807) is 19.2 Å². The molecule has 0 aliphatic rings. The number of nitrogens with one attached hydrogen (secondary N) is 2. The third kappa shape index (κ3) is 3.56. The van der Waals surface area contributed by atoms with Gasteiger partial charge in [-0.2, -0.15) is 0 Å². The Morgan fingerprint density at radius 1 is 1.25 bits per heavy atom. The van der Waals surface area contributed by atoms with Gasteiger partial charge in [0.1, 0.15) is 0 Å². The van der Waals surface area contributed by atoms with Gasteiger partial charge in [0.15, 0.2) is 5.03 Å². The molecule has 20 heavy (non-hydrogen) atoms. The van der Waals surface area contributed by atoms with Gasteiger partial charge in [-0.25, -0.2) is 18.1 Å². The molecular weight excluding hydrogens is 342 g/mol. The van der Waals surface area contributed by atoms with Gasteiger partial charge in [0.05, 0.1) is 5.69 Å². The highest BCUT2D eigenvalue weighted by Crippen LogP contribution is 2.18. The first-order valence-electron chi connectivity index (χ1n) is 5.90. The highest BCUT2D eigenvalue weighted by molar-refractivity contribution is 9.10. The Morgan fingerprint density at radius 3 is 2.75 bits per heavy atom. The van der Waals surface area contributed by atoms with Crippen molar-refractivity contribution >= 4 is 31.6 Å². The zero-order chi connectivity index (χ0) is 14.6. The Balaban J connectivity index is 2.19. The van der Waals surface area contributed by atoms with E-state index in [1.165, 1.54) is 6.20 Å². The Kier molecular flexibility index (Phi) is 4.74. The summed E-state index contributed by atoms with van der Waals surface area (Å²) in [7, 11) is -2.00. The summed E-state index contributed by atoms with van der Waals surface area (Å²) in [6, 6.07) is 10.8. The van der Waals surface area contributed by atoms with Gasteiger partial charge in [0.2, 0.25) is 0 Å². The molecule has 0 fully saturated rings. The van der Waals surface area contributed by atoms with Crippen molar-refractivity contribution in [2.75, 3.05) is 12.4 Å². The summed E-state index contributed by atoms with van der Waals surface area (Å²) in [4.78, 5) is 3.93. The summed E-state index contributed by atoms with van der Waals surface area (Å²) in [5.74, 6) is 0. The third-order valence-corrected chi connectivity index (χ3v) is 4.50. The molecule has 0 aliphatic heterocycles. The Morgan fingerprint density at radius 2 is 2.05 bits per heavy atom. The van der Waals surface area contributed by atoms with Crippen LogP contribution in [0.25, 0.3) is 0 Å². The number of sulfonamides is 1. The molecule has 1 heterocycles. The lowest BCUT2D eigenvalue weighted by molar-refractivity contribution is 0.578. The molecule has 0 bridgehead atoms. The molecule has 2 aromatic rings. The summed E-state index contributed by atoms with van der Waals surface area (Å²) in [6.07, 6.45) is 1.45. The monoisotopic (exact) mass is 355 g/mol. The smallest absolute Gasteiger partial charge is 0.260 e. The Bertz CT molecular complexity index is 704. The highest BCUT2D eigenvalue weighted by Gasteiger charge is 2.19. The number of hydrogen-bond acceptors (Lipinski definition) is 4. The van der Waals surface area contributed by atoms with Gasteiger partial charge in [-0.15, -0.1) is 0 Å². The van der Waals surface area contributed by atoms with Crippen molar-refractivity contribution in [1.82, 2.24) is 9.71 Å². The molecule has 0 saturated carbocycles. The molecule has 0 radical (unpaired) electrons. The van der Waals surface area contributed by atoms with Crippen molar-refractivity contribution in [3.05, 3.63) is 52.6 Å². The van der Waals surface area contributed by atoms with Gasteiger partial charge in [-0.05, 0) is 29.8 Å². The number of pyridine rings is 1. The zero-order valence-corrected chi connectivity index (χ0v) is 13.2. The Hall–Kier alpha value is -1.44. The number of halogens is 1. The van der Waals surface area contributed by atoms with E-state index in [0.29, 0.717) is 5.69 Å². The van der Waals surface area contributed by atoms with Crippen LogP contribution in [-0.2, 0) is 16.6 Å². The van der Waals surface area contributed by atoms with Crippen LogP contribution in [-0.4, -0.2) is 20.4 Å². The summed E-state index contributed by atoms with van der Waals surface area (Å²) in [5.41, 5.74) is 1.33. The second-order valence-corrected chi connectivity index (χ2v) is 6.66. The average Bonchev–Trinajstić information content (AvgIpc) is 2.45. The number of rotatable bonds is 5. The van der Waals surface area contributed by atoms with Gasteiger partial charge >= 0.3 is 0 Å². The fraction of sp³-hybridized carbons (Fsp3) is 0.154. The van der Waals surface area contributed by atoms with E-state index < -0.39 is 10.0 Å². The number of anilines is 1. The first-order chi connectivity index (χ1) is 9.53. The van der Waals surface area contributed by atoms with Crippen LogP contribution in [0.4, 0.5) is 5.69 Å². The molecule has 2 rings (SSSR count). The molecular formula is C13H14BrN3O2S. The number of benzene rings is 1. The van der Waals surface area contributed by atoms with Crippen LogP contribution in [0.2, 0.25) is 0 Å². The fourth-order valence-electron chi connectivity index (χ4n) is 1.69. The lowest BCUT2D eigenvalue weighted by atomic mass is 10.2. The standard InChI is InChI=1S/C13H14BrN3O2S/c1-15-12-6-3-7-16-13(12)20(18,19)17-9-10-4-2-5-11(14)8-10/h2-8,15,17H,9H2,1H3. The van der Waals surface area contributed by atoms with Crippen molar-refractivity contribution in [3.8, 4) is 0 Å². The molecule has 0 atom stereocenters. The number of aromatic nitrogens is 1. The van der Waals surface area contributed by atoms with Crippen LogP contribution in [0.15, 0.2) is 52.1 Å². The number of nitrogens with zero attached hydrogens (tertiary/aromatic N) is 1. The first kappa shape index (κ1) is 15.0. The highest BCUT2D eigenvalue weighted by atomic mass is 79.9. The van der Waals surface area contributed by atoms with Crippen LogP contribution < -0.4 is 10.0 Å². The molecule has 1 aromatic carbocycles. The third-order valence-electron chi connectivity index (χ3n) is 2.65. The molecule has 7 heteroatoms. The van der Waals surface area contributed by atoms with Crippen LogP contribution in [0.5, 0.6) is 0 Å². The molecule has 5 nitrogen and oxygen atoms in total. The van der Waals surface area contributed by atoms with Crippen LogP contribution >= 0.6 is 15.9 Å². The minimum absolute atomic E-state index is 0.00232. The minimum atomic E-state index is -3.65. The largest absolute Gasteiger partial charge is 0.386 e. The lowest BCUT2D eigenvalue weighted by Gasteiger charge is -2.10. The Labute approximate surface area is 126 Å². The van der Waals surface area contributed by atoms with Gasteiger partial charge in [0, 0.05) is 24.3 Å². The van der Waals surface area contributed by atoms with Gasteiger partial charge in [-0.3, -0.25) is 0 Å². The molecule has 2 N–H and O–H groups in total. The van der Waals surface area contributed by atoms with Crippen LogP contribution in [0, 0.1) is 0 Å². The van der Waals surface area contributed by atoms with Crippen molar-refractivity contribution < 1.29 is 8.42 Å². The minimum Gasteiger partial charge on any atom is -0.386 e. The van der Waals surface area contributed by atoms with Gasteiger partial charge in [-0.1, -0.05) is 28.1 Å². The van der Waals surface area contributed by atoms with Crippen molar-refractivity contribution in [2.45, 2.75) is 11.6 Å². The topological polar surface area (TPSA) is 71.1 Å². The summed E-state index contributed by atoms with van der Waals surface area (Å²) in [5, 5.41) is 2.82. The van der Waals surface area contributed by atoms with Crippen molar-refractivity contribution in [2.24, 2.45) is 0 Å². The second-order valence-electron chi connectivity index (χ2n) is 4.06. The van der Waals surface area contributed by atoms with E-state index in [4.69, 9.17) is 0 Å². The lowest BCUT2D eigenvalue weighted by Crippen LogP contribution is -2.25. The molecule has 0 spiro atoms. The molecule has 1 aromatic heterocycles. The molecule has 106 valence electrons. The maximum Gasteiger partial charge on any atom is 0.260 e. The number of hydrogen-bond donors (Lipinski definition) is 2. The SMILES string of the molecule is CNc1cccnc1S(=O)(=O)NCc1cccc(Br)c1. The molecule has 0 unspecified atom stereocenters. The zero-order valence-electron chi connectivity index (χ0n) is 10.8. The average molecular weight is 356 g/mol. The quantitative estimate of drug-likeness (QED) is 0.863. The van der Waals surface area contributed by atoms with Crippen molar-refractivity contribution in [1.29, 1.82) is 0 Å². The first-order valence-corrected chi connectivity index (χ1v) is 8.17. The molecule has 0 amide bonds. The second kappa shape index (κ2) is 6.34. The van der Waals surface area contributed by atoms with Gasteiger partial charge < -0.3 is 5.32 Å². The predicted octanol–water partition coefficient (Wildman–Crippen LogP) is 2.36. The van der Waals surface area contributed by atoms with E-state index in [2.05, 4.69) is 31.0 Å².